The van der Waals surface area contributed by atoms with Gasteiger partial charge in [0.05, 0.1) is 18.8 Å². The molecule has 2 atom stereocenters. The predicted molar refractivity (Wildman–Crippen MR) is 132 cm³/mol. The number of aromatic nitrogens is 3. The number of amides is 2. The van der Waals surface area contributed by atoms with Crippen molar-refractivity contribution >= 4 is 17.5 Å². The van der Waals surface area contributed by atoms with E-state index in [0.717, 1.165) is 25.2 Å². The van der Waals surface area contributed by atoms with E-state index in [9.17, 15) is 4.79 Å². The number of nitrogens with zero attached hydrogens (tertiary/aromatic N) is 4. The van der Waals surface area contributed by atoms with Gasteiger partial charge >= 0.3 is 6.03 Å². The van der Waals surface area contributed by atoms with E-state index in [4.69, 9.17) is 9.72 Å². The number of benzene rings is 2. The maximum absolute atomic E-state index is 13.3. The molecule has 174 valence electrons. The normalized spacial score (nSPS) is 18.3. The lowest BCUT2D eigenvalue weighted by Crippen LogP contribution is -2.42. The van der Waals surface area contributed by atoms with E-state index in [1.807, 2.05) is 52.9 Å². The highest BCUT2D eigenvalue weighted by atomic mass is 16.5. The number of carbonyl (C=O) groups is 1. The van der Waals surface area contributed by atoms with Gasteiger partial charge in [0.2, 0.25) is 0 Å². The summed E-state index contributed by atoms with van der Waals surface area (Å²) in [7, 11) is 1.71. The van der Waals surface area contributed by atoms with Crippen LogP contribution >= 0.6 is 0 Å². The number of hydrogen-bond donors (Lipinski definition) is 2. The van der Waals surface area contributed by atoms with Crippen LogP contribution < -0.4 is 10.6 Å². The van der Waals surface area contributed by atoms with Crippen LogP contribution in [0.4, 0.5) is 10.6 Å². The van der Waals surface area contributed by atoms with E-state index in [2.05, 4.69) is 32.7 Å². The van der Waals surface area contributed by atoms with Crippen molar-refractivity contribution in [2.75, 3.05) is 38.7 Å². The Morgan fingerprint density at radius 2 is 1.85 bits per heavy atom. The predicted octanol–water partition coefficient (Wildman–Crippen LogP) is 3.63. The number of fused-ring (bicyclic) bond motifs is 1. The highest BCUT2D eigenvalue weighted by Crippen LogP contribution is 2.30. The van der Waals surface area contributed by atoms with Gasteiger partial charge in [-0.05, 0) is 5.56 Å². The van der Waals surface area contributed by atoms with Crippen LogP contribution in [0.25, 0.3) is 16.9 Å². The zero-order valence-corrected chi connectivity index (χ0v) is 19.1. The summed E-state index contributed by atoms with van der Waals surface area (Å²) in [6, 6.07) is 19.9. The second kappa shape index (κ2) is 10.0. The largest absolute Gasteiger partial charge is 0.383 e. The third-order valence-electron chi connectivity index (χ3n) is 6.26. The molecule has 2 aromatic heterocycles. The fourth-order valence-electron chi connectivity index (χ4n) is 4.61. The van der Waals surface area contributed by atoms with Crippen LogP contribution in [0.1, 0.15) is 11.5 Å². The fraction of sp³-hybridized carbons (Fsp3) is 0.269. The zero-order chi connectivity index (χ0) is 23.3. The minimum atomic E-state index is -0.254. The third kappa shape index (κ3) is 4.64. The number of nitrogens with one attached hydrogen (secondary N) is 2. The first-order valence-corrected chi connectivity index (χ1v) is 11.4. The first-order valence-electron chi connectivity index (χ1n) is 11.4. The van der Waals surface area contributed by atoms with Gasteiger partial charge in [0.1, 0.15) is 11.5 Å². The molecule has 1 aliphatic rings. The van der Waals surface area contributed by atoms with Crippen LogP contribution in [-0.2, 0) is 4.74 Å². The number of imidazole rings is 1. The van der Waals surface area contributed by atoms with Crippen molar-refractivity contribution in [3.8, 4) is 11.3 Å². The fourth-order valence-corrected chi connectivity index (χ4v) is 4.61. The van der Waals surface area contributed by atoms with Gasteiger partial charge in [-0.15, -0.1) is 0 Å². The van der Waals surface area contributed by atoms with Gasteiger partial charge in [0, 0.05) is 50.6 Å². The van der Waals surface area contributed by atoms with Crippen molar-refractivity contribution in [3.63, 3.8) is 0 Å². The molecule has 1 aliphatic heterocycles. The van der Waals surface area contributed by atoms with Crippen LogP contribution in [0.5, 0.6) is 0 Å². The summed E-state index contributed by atoms with van der Waals surface area (Å²) >= 11 is 0. The molecular weight excluding hydrogens is 428 g/mol. The van der Waals surface area contributed by atoms with Crippen molar-refractivity contribution in [3.05, 3.63) is 84.8 Å². The molecule has 34 heavy (non-hydrogen) atoms. The van der Waals surface area contributed by atoms with Crippen molar-refractivity contribution < 1.29 is 9.53 Å². The minimum absolute atomic E-state index is 0.0275. The Labute approximate surface area is 198 Å². The van der Waals surface area contributed by atoms with Gasteiger partial charge in [-0.3, -0.25) is 19.6 Å². The van der Waals surface area contributed by atoms with Crippen molar-refractivity contribution in [2.45, 2.75) is 12.0 Å². The van der Waals surface area contributed by atoms with Crippen molar-refractivity contribution in [1.29, 1.82) is 0 Å². The van der Waals surface area contributed by atoms with Crippen LogP contribution in [0, 0.1) is 0 Å². The third-order valence-corrected chi connectivity index (χ3v) is 6.26. The number of rotatable bonds is 7. The molecule has 8 heteroatoms. The first kappa shape index (κ1) is 22.1. The zero-order valence-electron chi connectivity index (χ0n) is 19.1. The monoisotopic (exact) mass is 456 g/mol. The number of ether oxygens (including phenoxy) is 1. The lowest BCUT2D eigenvalue weighted by Gasteiger charge is -2.20. The Bertz CT molecular complexity index is 1240. The van der Waals surface area contributed by atoms with Crippen molar-refractivity contribution in [1.82, 2.24) is 24.6 Å². The Hall–Kier alpha value is -3.75. The maximum Gasteiger partial charge on any atom is 0.320 e. The standard InChI is InChI=1S/C26H28N6O2/c1-34-15-14-31-17-21(19-8-4-2-5-9-19)22(18-31)28-26(33)30-25-24(20-10-6-3-7-11-20)29-23-16-27-12-13-32(23)25/h2-13,16,21-22H,14-15,17-18H2,1H3,(H2,28,30,33). The average Bonchev–Trinajstić information content (AvgIpc) is 3.45. The molecule has 0 aliphatic carbocycles. The summed E-state index contributed by atoms with van der Waals surface area (Å²) in [6.07, 6.45) is 5.17. The van der Waals surface area contributed by atoms with Gasteiger partial charge in [-0.25, -0.2) is 9.78 Å². The Morgan fingerprint density at radius 3 is 2.62 bits per heavy atom. The second-order valence-corrected chi connectivity index (χ2v) is 8.45. The molecule has 2 unspecified atom stereocenters. The summed E-state index contributed by atoms with van der Waals surface area (Å²) in [5.74, 6) is 0.815. The molecule has 1 fully saturated rings. The average molecular weight is 457 g/mol. The van der Waals surface area contributed by atoms with Crippen LogP contribution in [0.2, 0.25) is 0 Å². The number of carbonyl (C=O) groups excluding carboxylic acids is 1. The van der Waals surface area contributed by atoms with Crippen molar-refractivity contribution in [2.24, 2.45) is 0 Å². The van der Waals surface area contributed by atoms with Gasteiger partial charge < -0.3 is 10.1 Å². The Balaban J connectivity index is 1.39. The number of anilines is 1. The van der Waals surface area contributed by atoms with Gasteiger partial charge in [-0.2, -0.15) is 0 Å². The molecule has 3 heterocycles. The van der Waals surface area contributed by atoms with E-state index in [1.54, 1.807) is 25.7 Å². The van der Waals surface area contributed by atoms with Gasteiger partial charge in [0.25, 0.3) is 0 Å². The molecule has 1 saturated heterocycles. The lowest BCUT2D eigenvalue weighted by atomic mass is 9.94. The quantitative estimate of drug-likeness (QED) is 0.444. The molecular formula is C26H28N6O2. The van der Waals surface area contributed by atoms with E-state index < -0.39 is 0 Å². The van der Waals surface area contributed by atoms with E-state index >= 15 is 0 Å². The molecule has 0 spiro atoms. The second-order valence-electron chi connectivity index (χ2n) is 8.45. The summed E-state index contributed by atoms with van der Waals surface area (Å²) in [5, 5.41) is 6.29. The number of likely N-dealkylation sites (tertiary alicyclic amines) is 1. The Kier molecular flexibility index (Phi) is 6.51. The van der Waals surface area contributed by atoms with E-state index in [1.165, 1.54) is 5.56 Å². The van der Waals surface area contributed by atoms with Crippen LogP contribution in [0.15, 0.2) is 79.3 Å². The summed E-state index contributed by atoms with van der Waals surface area (Å²) in [5.41, 5.74) is 3.52. The molecule has 4 aromatic rings. The van der Waals surface area contributed by atoms with Gasteiger partial charge in [-0.1, -0.05) is 60.7 Å². The molecule has 8 nitrogen and oxygen atoms in total. The summed E-state index contributed by atoms with van der Waals surface area (Å²) in [6.45, 7) is 3.13. The Morgan fingerprint density at radius 1 is 1.09 bits per heavy atom. The number of methoxy groups -OCH3 is 1. The topological polar surface area (TPSA) is 83.8 Å². The molecule has 2 aromatic carbocycles. The highest BCUT2D eigenvalue weighted by Gasteiger charge is 2.34. The molecule has 5 rings (SSSR count). The molecule has 2 amide bonds. The SMILES string of the molecule is COCCN1CC(NC(=O)Nc2c(-c3ccccc3)nc3cnccn23)C(c2ccccc2)C1. The van der Waals surface area contributed by atoms with Crippen LogP contribution in [-0.4, -0.2) is 64.7 Å². The maximum atomic E-state index is 13.3. The van der Waals surface area contributed by atoms with E-state index in [0.29, 0.717) is 23.8 Å². The molecule has 0 radical (unpaired) electrons. The van der Waals surface area contributed by atoms with Crippen LogP contribution in [0.3, 0.4) is 0 Å². The van der Waals surface area contributed by atoms with Gasteiger partial charge in [0.15, 0.2) is 5.65 Å². The minimum Gasteiger partial charge on any atom is -0.383 e. The van der Waals surface area contributed by atoms with E-state index in [-0.39, 0.29) is 18.0 Å². The molecule has 2 N–H and O–H groups in total. The highest BCUT2D eigenvalue weighted by molar-refractivity contribution is 5.93. The first-order chi connectivity index (χ1) is 16.7. The molecule has 0 bridgehead atoms. The lowest BCUT2D eigenvalue weighted by molar-refractivity contribution is 0.159. The molecule has 0 saturated carbocycles. The smallest absolute Gasteiger partial charge is 0.320 e. The number of urea groups is 1. The number of hydrogen-bond acceptors (Lipinski definition) is 5. The summed E-state index contributed by atoms with van der Waals surface area (Å²) in [4.78, 5) is 24.5. The summed E-state index contributed by atoms with van der Waals surface area (Å²) < 4.78 is 7.12.